The van der Waals surface area contributed by atoms with E-state index in [1.807, 2.05) is 31.2 Å². The zero-order valence-electron chi connectivity index (χ0n) is 15.6. The second-order valence-corrected chi connectivity index (χ2v) is 7.57. The topological polar surface area (TPSA) is 67.2 Å². The average molecular weight is 397 g/mol. The van der Waals surface area contributed by atoms with Gasteiger partial charge in [-0.1, -0.05) is 23.7 Å². The number of likely N-dealkylation sites (tertiary alicyclic amines) is 1. The monoisotopic (exact) mass is 396 g/mol. The fourth-order valence-electron chi connectivity index (χ4n) is 3.64. The van der Waals surface area contributed by atoms with E-state index in [1.165, 1.54) is 0 Å². The summed E-state index contributed by atoms with van der Waals surface area (Å²) in [6, 6.07) is 12.8. The van der Waals surface area contributed by atoms with Gasteiger partial charge < -0.3 is 10.2 Å². The van der Waals surface area contributed by atoms with Gasteiger partial charge in [0.25, 0.3) is 5.56 Å². The molecule has 1 fully saturated rings. The molecule has 1 saturated heterocycles. The zero-order chi connectivity index (χ0) is 19.7. The highest BCUT2D eigenvalue weighted by Crippen LogP contribution is 2.23. The Kier molecular flexibility index (Phi) is 5.05. The summed E-state index contributed by atoms with van der Waals surface area (Å²) in [5, 5.41) is 3.98. The van der Waals surface area contributed by atoms with Crippen molar-refractivity contribution in [3.63, 3.8) is 0 Å². The normalized spacial score (nSPS) is 15.0. The molecule has 1 N–H and O–H groups in total. The minimum atomic E-state index is -0.111. The minimum Gasteiger partial charge on any atom is -0.324 e. The lowest BCUT2D eigenvalue weighted by Gasteiger charge is -2.32. The van der Waals surface area contributed by atoms with E-state index < -0.39 is 0 Å². The number of carbonyl (C=O) groups excluding carboxylic acids is 1. The summed E-state index contributed by atoms with van der Waals surface area (Å²) < 4.78 is 1.68. The maximum Gasteiger partial charge on any atom is 0.321 e. The number of hydrogen-bond acceptors (Lipinski definition) is 3. The van der Waals surface area contributed by atoms with Gasteiger partial charge in [0, 0.05) is 29.8 Å². The van der Waals surface area contributed by atoms with E-state index in [9.17, 15) is 9.59 Å². The number of amides is 2. The Balaban J connectivity index is 1.45. The van der Waals surface area contributed by atoms with E-state index in [2.05, 4.69) is 10.3 Å². The van der Waals surface area contributed by atoms with Crippen molar-refractivity contribution in [2.75, 3.05) is 18.4 Å². The molecule has 1 aromatic heterocycles. The summed E-state index contributed by atoms with van der Waals surface area (Å²) in [7, 11) is 0. The highest BCUT2D eigenvalue weighted by atomic mass is 35.5. The third-order valence-electron chi connectivity index (χ3n) is 5.16. The Morgan fingerprint density at radius 2 is 1.96 bits per heavy atom. The van der Waals surface area contributed by atoms with Crippen molar-refractivity contribution in [2.24, 2.45) is 0 Å². The molecule has 7 heteroatoms. The smallest absolute Gasteiger partial charge is 0.321 e. The first kappa shape index (κ1) is 18.5. The van der Waals surface area contributed by atoms with Crippen molar-refractivity contribution >= 4 is 34.2 Å². The third kappa shape index (κ3) is 3.73. The van der Waals surface area contributed by atoms with Gasteiger partial charge in [-0.3, -0.25) is 9.36 Å². The molecule has 0 unspecified atom stereocenters. The molecule has 144 valence electrons. The third-order valence-corrected chi connectivity index (χ3v) is 5.39. The number of hydrogen-bond donors (Lipinski definition) is 1. The summed E-state index contributed by atoms with van der Waals surface area (Å²) in [4.78, 5) is 31.5. The molecule has 6 nitrogen and oxygen atoms in total. The molecular formula is C21H21ClN4O2. The lowest BCUT2D eigenvalue weighted by molar-refractivity contribution is 0.182. The highest BCUT2D eigenvalue weighted by Gasteiger charge is 2.25. The van der Waals surface area contributed by atoms with E-state index in [4.69, 9.17) is 11.6 Å². The van der Waals surface area contributed by atoms with Crippen LogP contribution in [-0.4, -0.2) is 33.6 Å². The van der Waals surface area contributed by atoms with E-state index in [-0.39, 0.29) is 17.6 Å². The summed E-state index contributed by atoms with van der Waals surface area (Å²) in [5.41, 5.74) is 2.44. The summed E-state index contributed by atoms with van der Waals surface area (Å²) in [6.45, 7) is 3.16. The molecule has 0 aliphatic carbocycles. The molecular weight excluding hydrogens is 376 g/mol. The first-order valence-corrected chi connectivity index (χ1v) is 9.68. The quantitative estimate of drug-likeness (QED) is 0.704. The molecule has 4 rings (SSSR count). The van der Waals surface area contributed by atoms with Crippen LogP contribution in [0, 0.1) is 6.92 Å². The van der Waals surface area contributed by atoms with Crippen LogP contribution in [0.1, 0.15) is 24.4 Å². The van der Waals surface area contributed by atoms with Gasteiger partial charge in [0.05, 0.1) is 17.2 Å². The Bertz CT molecular complexity index is 1090. The van der Waals surface area contributed by atoms with Gasteiger partial charge in [-0.25, -0.2) is 9.78 Å². The van der Waals surface area contributed by atoms with Gasteiger partial charge in [0.15, 0.2) is 0 Å². The van der Waals surface area contributed by atoms with Crippen molar-refractivity contribution in [1.82, 2.24) is 14.5 Å². The van der Waals surface area contributed by atoms with Crippen LogP contribution in [0.3, 0.4) is 0 Å². The molecule has 3 aromatic rings. The molecule has 28 heavy (non-hydrogen) atoms. The van der Waals surface area contributed by atoms with Crippen LogP contribution in [-0.2, 0) is 0 Å². The molecule has 0 radical (unpaired) electrons. The van der Waals surface area contributed by atoms with E-state index in [1.54, 1.807) is 34.0 Å². The molecule has 0 saturated carbocycles. The van der Waals surface area contributed by atoms with Crippen molar-refractivity contribution in [2.45, 2.75) is 25.8 Å². The lowest BCUT2D eigenvalue weighted by atomic mass is 10.0. The molecule has 1 aliphatic heterocycles. The first-order chi connectivity index (χ1) is 13.5. The van der Waals surface area contributed by atoms with Gasteiger partial charge in [-0.2, -0.15) is 0 Å². The van der Waals surface area contributed by atoms with Crippen LogP contribution in [0.4, 0.5) is 10.5 Å². The number of nitrogens with zero attached hydrogens (tertiary/aromatic N) is 3. The van der Waals surface area contributed by atoms with Crippen LogP contribution < -0.4 is 10.9 Å². The van der Waals surface area contributed by atoms with Crippen molar-refractivity contribution in [3.05, 3.63) is 69.7 Å². The molecule has 1 aliphatic rings. The van der Waals surface area contributed by atoms with E-state index in [0.29, 0.717) is 41.9 Å². The van der Waals surface area contributed by atoms with Gasteiger partial charge in [-0.15, -0.1) is 0 Å². The number of urea groups is 1. The molecule has 2 amide bonds. The number of carbonyl (C=O) groups is 1. The number of piperidine rings is 1. The summed E-state index contributed by atoms with van der Waals surface area (Å²) >= 11 is 6.03. The minimum absolute atomic E-state index is 0.0198. The molecule has 2 heterocycles. The van der Waals surface area contributed by atoms with Crippen LogP contribution in [0.2, 0.25) is 5.02 Å². The van der Waals surface area contributed by atoms with Crippen molar-refractivity contribution < 1.29 is 4.79 Å². The largest absolute Gasteiger partial charge is 0.324 e. The number of benzene rings is 2. The second kappa shape index (κ2) is 7.64. The number of aromatic nitrogens is 2. The highest BCUT2D eigenvalue weighted by molar-refractivity contribution is 6.31. The Labute approximate surface area is 167 Å². The van der Waals surface area contributed by atoms with E-state index in [0.717, 1.165) is 11.3 Å². The number of halogens is 1. The molecule has 0 bridgehead atoms. The zero-order valence-corrected chi connectivity index (χ0v) is 16.3. The van der Waals surface area contributed by atoms with Crippen LogP contribution in [0.5, 0.6) is 0 Å². The van der Waals surface area contributed by atoms with Crippen molar-refractivity contribution in [3.8, 4) is 0 Å². The Morgan fingerprint density at radius 1 is 1.18 bits per heavy atom. The Morgan fingerprint density at radius 3 is 2.71 bits per heavy atom. The number of anilines is 1. The number of nitrogens with one attached hydrogen (secondary N) is 1. The second-order valence-electron chi connectivity index (χ2n) is 7.14. The predicted molar refractivity (Wildman–Crippen MR) is 111 cm³/mol. The van der Waals surface area contributed by atoms with Gasteiger partial charge in [-0.05, 0) is 55.7 Å². The lowest BCUT2D eigenvalue weighted by Crippen LogP contribution is -2.42. The SMILES string of the molecule is Cc1cccc(NC(=O)N2CCC(n3cnc4ccc(Cl)cc4c3=O)CC2)c1. The molecule has 2 aromatic carbocycles. The summed E-state index contributed by atoms with van der Waals surface area (Å²) in [6.07, 6.45) is 3.01. The van der Waals surface area contributed by atoms with Crippen LogP contribution >= 0.6 is 11.6 Å². The first-order valence-electron chi connectivity index (χ1n) is 9.30. The van der Waals surface area contributed by atoms with Gasteiger partial charge in [0.1, 0.15) is 0 Å². The molecule has 0 atom stereocenters. The standard InChI is InChI=1S/C21H21ClN4O2/c1-14-3-2-4-16(11-14)24-21(28)25-9-7-17(8-10-25)26-13-23-19-6-5-15(22)12-18(19)20(26)27/h2-6,11-13,17H,7-10H2,1H3,(H,24,28). The summed E-state index contributed by atoms with van der Waals surface area (Å²) in [5.74, 6) is 0. The fraction of sp³-hybridized carbons (Fsp3) is 0.286. The Hall–Kier alpha value is -2.86. The average Bonchev–Trinajstić information content (AvgIpc) is 2.69. The maximum absolute atomic E-state index is 12.8. The van der Waals surface area contributed by atoms with E-state index >= 15 is 0 Å². The van der Waals surface area contributed by atoms with Crippen LogP contribution in [0.25, 0.3) is 10.9 Å². The van der Waals surface area contributed by atoms with Gasteiger partial charge >= 0.3 is 6.03 Å². The number of fused-ring (bicyclic) bond motifs is 1. The van der Waals surface area contributed by atoms with Crippen molar-refractivity contribution in [1.29, 1.82) is 0 Å². The number of aryl methyl sites for hydroxylation is 1. The predicted octanol–water partition coefficient (Wildman–Crippen LogP) is 4.23. The number of rotatable bonds is 2. The molecule has 0 spiro atoms. The maximum atomic E-state index is 12.8. The fourth-order valence-corrected chi connectivity index (χ4v) is 3.81. The van der Waals surface area contributed by atoms with Gasteiger partial charge in [0.2, 0.25) is 0 Å². The van der Waals surface area contributed by atoms with Crippen LogP contribution in [0.15, 0.2) is 53.6 Å².